The van der Waals surface area contributed by atoms with Crippen molar-refractivity contribution in [3.63, 3.8) is 0 Å². The summed E-state index contributed by atoms with van der Waals surface area (Å²) in [6.07, 6.45) is 6.90. The molecule has 2 aromatic carbocycles. The van der Waals surface area contributed by atoms with Crippen LogP contribution in [0.5, 0.6) is 5.75 Å². The van der Waals surface area contributed by atoms with Gasteiger partial charge in [0.15, 0.2) is 0 Å². The number of likely N-dealkylation sites (N-methyl/N-ethyl adjacent to an activating group) is 1. The second-order valence-electron chi connectivity index (χ2n) is 10.9. The third-order valence-electron chi connectivity index (χ3n) is 7.91. The lowest BCUT2D eigenvalue weighted by molar-refractivity contribution is -0.384. The SMILES string of the molecule is CCc1cc(Nc2ncc([N+](=O)[O-])c(Nc3ccc4nccnc4c3N(C)S(C)(=O)=O)n2)c(OC)cc1N1CCC(N(C)C)C1. The predicted octanol–water partition coefficient (Wildman–Crippen LogP) is 3.92. The van der Waals surface area contributed by atoms with E-state index in [9.17, 15) is 18.5 Å². The third kappa shape index (κ3) is 6.51. The van der Waals surface area contributed by atoms with Gasteiger partial charge in [-0.05, 0) is 50.7 Å². The number of nitrogens with one attached hydrogen (secondary N) is 2. The lowest BCUT2D eigenvalue weighted by Crippen LogP contribution is -2.31. The van der Waals surface area contributed by atoms with Crippen molar-refractivity contribution in [2.45, 2.75) is 25.8 Å². The standard InChI is InChI=1S/C29H36N10O5S/c1-7-18-14-22(25(44-5)15-23(18)38-13-10-19(17-38)36(2)3)34-29-32-16-24(39(40)41)28(35-29)33-21-9-8-20-26(31-12-11-30-20)27(21)37(4)45(6,42)43/h8-9,11-12,14-16,19H,7,10,13,17H2,1-6H3,(H2,32,33,34,35). The van der Waals surface area contributed by atoms with E-state index < -0.39 is 20.6 Å². The van der Waals surface area contributed by atoms with Crippen LogP contribution in [0.2, 0.25) is 0 Å². The topological polar surface area (TPSA) is 172 Å². The van der Waals surface area contributed by atoms with Crippen LogP contribution >= 0.6 is 0 Å². The fourth-order valence-electron chi connectivity index (χ4n) is 5.36. The van der Waals surface area contributed by atoms with Crippen LogP contribution in [-0.2, 0) is 16.4 Å². The average Bonchev–Trinajstić information content (AvgIpc) is 3.51. The molecular weight excluding hydrogens is 600 g/mol. The summed E-state index contributed by atoms with van der Waals surface area (Å²) in [5.74, 6) is 0.489. The number of hydrogen-bond donors (Lipinski definition) is 2. The van der Waals surface area contributed by atoms with E-state index >= 15 is 0 Å². The van der Waals surface area contributed by atoms with Gasteiger partial charge >= 0.3 is 5.69 Å². The minimum Gasteiger partial charge on any atom is -0.494 e. The normalized spacial score (nSPS) is 15.0. The number of nitro groups is 1. The van der Waals surface area contributed by atoms with Crippen molar-refractivity contribution >= 4 is 61.3 Å². The predicted molar refractivity (Wildman–Crippen MR) is 175 cm³/mol. The molecule has 0 radical (unpaired) electrons. The lowest BCUT2D eigenvalue weighted by atomic mass is 10.1. The van der Waals surface area contributed by atoms with E-state index in [-0.39, 0.29) is 28.7 Å². The van der Waals surface area contributed by atoms with E-state index in [1.54, 1.807) is 19.2 Å². The first-order chi connectivity index (χ1) is 21.4. The van der Waals surface area contributed by atoms with E-state index in [2.05, 4.69) is 61.4 Å². The van der Waals surface area contributed by atoms with Gasteiger partial charge in [-0.3, -0.25) is 24.4 Å². The summed E-state index contributed by atoms with van der Waals surface area (Å²) >= 11 is 0. The summed E-state index contributed by atoms with van der Waals surface area (Å²) in [6, 6.07) is 7.64. The highest BCUT2D eigenvalue weighted by Gasteiger charge is 2.27. The Morgan fingerprint density at radius 1 is 1.11 bits per heavy atom. The fraction of sp³-hybridized carbons (Fsp3) is 0.379. The number of nitrogens with zero attached hydrogens (tertiary/aromatic N) is 8. The molecule has 15 nitrogen and oxygen atoms in total. The van der Waals surface area contributed by atoms with Gasteiger partial charge in [-0.25, -0.2) is 13.4 Å². The first-order valence-corrected chi connectivity index (χ1v) is 16.1. The number of benzene rings is 2. The Hall–Kier alpha value is -4.83. The molecule has 1 saturated heterocycles. The van der Waals surface area contributed by atoms with E-state index in [1.807, 2.05) is 12.1 Å². The van der Waals surface area contributed by atoms with Gasteiger partial charge in [0.2, 0.25) is 21.8 Å². The summed E-state index contributed by atoms with van der Waals surface area (Å²) in [5, 5.41) is 18.1. The number of aryl methyl sites for hydroxylation is 1. The van der Waals surface area contributed by atoms with Crippen molar-refractivity contribution in [3.05, 3.63) is 58.5 Å². The Morgan fingerprint density at radius 3 is 2.51 bits per heavy atom. The van der Waals surface area contributed by atoms with Gasteiger partial charge in [-0.15, -0.1) is 0 Å². The number of anilines is 6. The summed E-state index contributed by atoms with van der Waals surface area (Å²) in [5.41, 5.74) is 3.50. The van der Waals surface area contributed by atoms with Gasteiger partial charge < -0.3 is 25.2 Å². The van der Waals surface area contributed by atoms with Crippen molar-refractivity contribution in [3.8, 4) is 5.75 Å². The van der Waals surface area contributed by atoms with E-state index in [0.717, 1.165) is 53.9 Å². The number of methoxy groups -OCH3 is 1. The Kier molecular flexibility index (Phi) is 8.88. The second-order valence-corrected chi connectivity index (χ2v) is 13.0. The largest absolute Gasteiger partial charge is 0.494 e. The quantitative estimate of drug-likeness (QED) is 0.179. The maximum atomic E-state index is 12.6. The van der Waals surface area contributed by atoms with Crippen LogP contribution < -0.4 is 24.6 Å². The van der Waals surface area contributed by atoms with Crippen LogP contribution in [0.15, 0.2) is 42.9 Å². The molecule has 1 atom stereocenters. The molecule has 1 aliphatic rings. The molecule has 0 spiro atoms. The number of rotatable bonds is 11. The highest BCUT2D eigenvalue weighted by Crippen LogP contribution is 2.39. The number of sulfonamides is 1. The molecule has 4 aromatic rings. The maximum Gasteiger partial charge on any atom is 0.329 e. The molecule has 238 valence electrons. The van der Waals surface area contributed by atoms with Crippen LogP contribution in [0.4, 0.5) is 40.2 Å². The minimum atomic E-state index is -3.74. The molecule has 1 unspecified atom stereocenters. The third-order valence-corrected chi connectivity index (χ3v) is 9.09. The van der Waals surface area contributed by atoms with Crippen molar-refractivity contribution in [1.29, 1.82) is 0 Å². The lowest BCUT2D eigenvalue weighted by Gasteiger charge is -2.25. The Labute approximate surface area is 261 Å². The molecule has 0 amide bonds. The number of fused-ring (bicyclic) bond motifs is 1. The Balaban J connectivity index is 1.53. The number of aromatic nitrogens is 4. The van der Waals surface area contributed by atoms with E-state index in [4.69, 9.17) is 4.74 Å². The van der Waals surface area contributed by atoms with Crippen LogP contribution in [-0.4, -0.2) is 91.8 Å². The van der Waals surface area contributed by atoms with Crippen molar-refractivity contribution in [2.75, 3.05) is 67.4 Å². The molecule has 1 fully saturated rings. The molecule has 0 bridgehead atoms. The van der Waals surface area contributed by atoms with Gasteiger partial charge in [0, 0.05) is 50.3 Å². The summed E-state index contributed by atoms with van der Waals surface area (Å²) < 4.78 is 31.9. The second kappa shape index (κ2) is 12.6. The molecule has 5 rings (SSSR count). The van der Waals surface area contributed by atoms with Crippen LogP contribution in [0.1, 0.15) is 18.9 Å². The number of hydrogen-bond acceptors (Lipinski definition) is 13. The minimum absolute atomic E-state index is 0.0728. The Bertz CT molecular complexity index is 1850. The van der Waals surface area contributed by atoms with Crippen molar-refractivity contribution < 1.29 is 18.1 Å². The zero-order chi connectivity index (χ0) is 32.5. The molecule has 16 heteroatoms. The van der Waals surface area contributed by atoms with Gasteiger partial charge in [-0.1, -0.05) is 6.92 Å². The van der Waals surface area contributed by atoms with E-state index in [1.165, 1.54) is 19.4 Å². The molecule has 2 N–H and O–H groups in total. The van der Waals surface area contributed by atoms with Gasteiger partial charge in [-0.2, -0.15) is 4.98 Å². The molecule has 0 saturated carbocycles. The zero-order valence-corrected chi connectivity index (χ0v) is 26.8. The number of ether oxygens (including phenoxy) is 1. The fourth-order valence-corrected chi connectivity index (χ4v) is 5.87. The summed E-state index contributed by atoms with van der Waals surface area (Å²) in [6.45, 7) is 3.93. The smallest absolute Gasteiger partial charge is 0.329 e. The molecule has 2 aromatic heterocycles. The highest BCUT2D eigenvalue weighted by molar-refractivity contribution is 7.92. The molecular formula is C29H36N10O5S. The highest BCUT2D eigenvalue weighted by atomic mass is 32.2. The summed E-state index contributed by atoms with van der Waals surface area (Å²) in [4.78, 5) is 33.2. The first-order valence-electron chi connectivity index (χ1n) is 14.3. The maximum absolute atomic E-state index is 12.6. The van der Waals surface area contributed by atoms with E-state index in [0.29, 0.717) is 23.0 Å². The van der Waals surface area contributed by atoms with Crippen molar-refractivity contribution in [1.82, 2.24) is 24.8 Å². The van der Waals surface area contributed by atoms with Crippen LogP contribution in [0.3, 0.4) is 0 Å². The van der Waals surface area contributed by atoms with Crippen molar-refractivity contribution in [2.24, 2.45) is 0 Å². The zero-order valence-electron chi connectivity index (χ0n) is 26.0. The summed E-state index contributed by atoms with van der Waals surface area (Å²) in [7, 11) is 3.39. The molecule has 1 aliphatic heterocycles. The van der Waals surface area contributed by atoms with Gasteiger partial charge in [0.1, 0.15) is 23.2 Å². The molecule has 45 heavy (non-hydrogen) atoms. The molecule has 3 heterocycles. The monoisotopic (exact) mass is 636 g/mol. The van der Waals surface area contributed by atoms with Crippen LogP contribution in [0, 0.1) is 10.1 Å². The van der Waals surface area contributed by atoms with Crippen LogP contribution in [0.25, 0.3) is 11.0 Å². The van der Waals surface area contributed by atoms with Gasteiger partial charge in [0.25, 0.3) is 0 Å². The first kappa shape index (κ1) is 31.6. The van der Waals surface area contributed by atoms with Gasteiger partial charge in [0.05, 0.1) is 35.2 Å². The molecule has 0 aliphatic carbocycles. The average molecular weight is 637 g/mol. The Morgan fingerprint density at radius 2 is 1.87 bits per heavy atom.